The van der Waals surface area contributed by atoms with Crippen LogP contribution >= 0.6 is 0 Å². The van der Waals surface area contributed by atoms with E-state index >= 15 is 0 Å². The van der Waals surface area contributed by atoms with Gasteiger partial charge in [-0.25, -0.2) is 13.1 Å². The molecule has 0 aromatic carbocycles. The van der Waals surface area contributed by atoms with Crippen molar-refractivity contribution in [1.82, 2.24) is 4.72 Å². The van der Waals surface area contributed by atoms with Crippen molar-refractivity contribution in [3.8, 4) is 0 Å². The molecule has 0 radical (unpaired) electrons. The molecule has 1 aromatic rings. The molecule has 0 unspecified atom stereocenters. The lowest BCUT2D eigenvalue weighted by Gasteiger charge is -2.04. The fraction of sp³-hybridized carbons (Fsp3) is 0.545. The summed E-state index contributed by atoms with van der Waals surface area (Å²) in [4.78, 5) is 10.4. The number of carbonyl (C=O) groups excluding carboxylic acids is 1. The van der Waals surface area contributed by atoms with Crippen LogP contribution in [0.3, 0.4) is 0 Å². The number of aldehydes is 1. The Hall–Kier alpha value is -1.18. The van der Waals surface area contributed by atoms with Gasteiger partial charge in [0, 0.05) is 19.8 Å². The SMILES string of the molecule is CCCOCCCNS(=O)(=O)c1ccc(C=O)o1. The van der Waals surface area contributed by atoms with Crippen molar-refractivity contribution < 1.29 is 22.4 Å². The van der Waals surface area contributed by atoms with Crippen LogP contribution in [-0.4, -0.2) is 34.5 Å². The molecule has 0 spiro atoms. The van der Waals surface area contributed by atoms with Gasteiger partial charge in [0.2, 0.25) is 5.09 Å². The number of sulfonamides is 1. The van der Waals surface area contributed by atoms with Gasteiger partial charge in [-0.2, -0.15) is 0 Å². The highest BCUT2D eigenvalue weighted by molar-refractivity contribution is 7.89. The molecule has 1 N–H and O–H groups in total. The molecule has 0 atom stereocenters. The summed E-state index contributed by atoms with van der Waals surface area (Å²) in [6.07, 6.45) is 1.98. The quantitative estimate of drug-likeness (QED) is 0.540. The van der Waals surface area contributed by atoms with Crippen molar-refractivity contribution >= 4 is 16.3 Å². The second kappa shape index (κ2) is 7.30. The van der Waals surface area contributed by atoms with E-state index in [1.807, 2.05) is 6.92 Å². The molecular formula is C11H17NO5S. The third-order valence-corrected chi connectivity index (χ3v) is 3.42. The second-order valence-corrected chi connectivity index (χ2v) is 5.34. The molecule has 0 amide bonds. The number of carbonyl (C=O) groups is 1. The zero-order valence-corrected chi connectivity index (χ0v) is 11.0. The Morgan fingerprint density at radius 1 is 1.39 bits per heavy atom. The topological polar surface area (TPSA) is 85.6 Å². The summed E-state index contributed by atoms with van der Waals surface area (Å²) in [7, 11) is -3.67. The third-order valence-electron chi connectivity index (χ3n) is 2.09. The molecule has 0 saturated carbocycles. The van der Waals surface area contributed by atoms with E-state index in [4.69, 9.17) is 9.15 Å². The first-order chi connectivity index (χ1) is 8.60. The van der Waals surface area contributed by atoms with E-state index in [1.165, 1.54) is 12.1 Å². The van der Waals surface area contributed by atoms with Crippen LogP contribution in [0.15, 0.2) is 21.6 Å². The second-order valence-electron chi connectivity index (χ2n) is 3.64. The van der Waals surface area contributed by atoms with Crippen LogP contribution in [0.2, 0.25) is 0 Å². The Morgan fingerprint density at radius 3 is 2.78 bits per heavy atom. The average molecular weight is 275 g/mol. The average Bonchev–Trinajstić information content (AvgIpc) is 2.83. The summed E-state index contributed by atoms with van der Waals surface area (Å²) < 4.78 is 35.8. The molecule has 0 saturated heterocycles. The first-order valence-corrected chi connectivity index (χ1v) is 7.21. The van der Waals surface area contributed by atoms with Gasteiger partial charge < -0.3 is 9.15 Å². The smallest absolute Gasteiger partial charge is 0.273 e. The molecule has 102 valence electrons. The summed E-state index contributed by atoms with van der Waals surface area (Å²) in [5.41, 5.74) is 0. The Morgan fingerprint density at radius 2 is 2.17 bits per heavy atom. The van der Waals surface area contributed by atoms with E-state index in [0.717, 1.165) is 6.42 Å². The van der Waals surface area contributed by atoms with Crippen molar-refractivity contribution in [3.63, 3.8) is 0 Å². The van der Waals surface area contributed by atoms with Gasteiger partial charge >= 0.3 is 0 Å². The Labute approximate surface area is 106 Å². The standard InChI is InChI=1S/C11H17NO5S/c1-2-7-16-8-3-6-12-18(14,15)11-5-4-10(9-13)17-11/h4-5,9,12H,2-3,6-8H2,1H3. The van der Waals surface area contributed by atoms with E-state index in [-0.39, 0.29) is 17.4 Å². The zero-order chi connectivity index (χ0) is 13.4. The first-order valence-electron chi connectivity index (χ1n) is 5.72. The summed E-state index contributed by atoms with van der Waals surface area (Å²) in [5, 5.41) is -0.251. The highest BCUT2D eigenvalue weighted by Crippen LogP contribution is 2.11. The highest BCUT2D eigenvalue weighted by Gasteiger charge is 2.17. The minimum atomic E-state index is -3.67. The van der Waals surface area contributed by atoms with Crippen LogP contribution < -0.4 is 4.72 Å². The van der Waals surface area contributed by atoms with Crippen molar-refractivity contribution in [2.24, 2.45) is 0 Å². The van der Waals surface area contributed by atoms with Crippen LogP contribution in [0, 0.1) is 0 Å². The van der Waals surface area contributed by atoms with Gasteiger partial charge in [-0.1, -0.05) is 6.92 Å². The van der Waals surface area contributed by atoms with Crippen molar-refractivity contribution in [3.05, 3.63) is 17.9 Å². The molecule has 0 bridgehead atoms. The van der Waals surface area contributed by atoms with Crippen molar-refractivity contribution in [2.75, 3.05) is 19.8 Å². The fourth-order valence-corrected chi connectivity index (χ4v) is 2.25. The van der Waals surface area contributed by atoms with Crippen LogP contribution in [0.4, 0.5) is 0 Å². The molecule has 18 heavy (non-hydrogen) atoms. The van der Waals surface area contributed by atoms with Gasteiger partial charge in [0.1, 0.15) is 0 Å². The number of rotatable bonds is 9. The van der Waals surface area contributed by atoms with Crippen LogP contribution in [0.1, 0.15) is 30.3 Å². The lowest BCUT2D eigenvalue weighted by molar-refractivity contribution is 0.109. The van der Waals surface area contributed by atoms with Crippen LogP contribution in [0.25, 0.3) is 0 Å². The number of furan rings is 1. The van der Waals surface area contributed by atoms with E-state index in [2.05, 4.69) is 4.72 Å². The van der Waals surface area contributed by atoms with Gasteiger partial charge in [0.15, 0.2) is 12.0 Å². The number of nitrogens with one attached hydrogen (secondary N) is 1. The molecule has 0 aliphatic rings. The van der Waals surface area contributed by atoms with Crippen LogP contribution in [0.5, 0.6) is 0 Å². The number of hydrogen-bond donors (Lipinski definition) is 1. The minimum absolute atomic E-state index is 0.0124. The van der Waals surface area contributed by atoms with E-state index in [0.29, 0.717) is 25.9 Å². The summed E-state index contributed by atoms with van der Waals surface area (Å²) in [6, 6.07) is 2.56. The summed E-state index contributed by atoms with van der Waals surface area (Å²) >= 11 is 0. The molecule has 1 aromatic heterocycles. The van der Waals surface area contributed by atoms with Crippen LogP contribution in [-0.2, 0) is 14.8 Å². The van der Waals surface area contributed by atoms with Crippen molar-refractivity contribution in [2.45, 2.75) is 24.9 Å². The molecule has 1 rings (SSSR count). The van der Waals surface area contributed by atoms with Gasteiger partial charge in [0.05, 0.1) is 0 Å². The fourth-order valence-electron chi connectivity index (χ4n) is 1.24. The summed E-state index contributed by atoms with van der Waals surface area (Å²) in [5.74, 6) is -0.0124. The first kappa shape index (κ1) is 14.9. The molecule has 1 heterocycles. The molecule has 0 fully saturated rings. The molecule has 6 nitrogen and oxygen atoms in total. The maximum atomic E-state index is 11.7. The Bertz CT molecular complexity index is 466. The lowest BCUT2D eigenvalue weighted by Crippen LogP contribution is -2.25. The Balaban J connectivity index is 2.38. The maximum Gasteiger partial charge on any atom is 0.273 e. The van der Waals surface area contributed by atoms with Gasteiger partial charge in [-0.15, -0.1) is 0 Å². The third kappa shape index (κ3) is 4.59. The molecule has 0 aliphatic heterocycles. The van der Waals surface area contributed by atoms with Gasteiger partial charge in [0.25, 0.3) is 10.0 Å². The van der Waals surface area contributed by atoms with Crippen molar-refractivity contribution in [1.29, 1.82) is 0 Å². The molecular weight excluding hydrogens is 258 g/mol. The van der Waals surface area contributed by atoms with E-state index in [1.54, 1.807) is 0 Å². The van der Waals surface area contributed by atoms with E-state index < -0.39 is 10.0 Å². The normalized spacial score (nSPS) is 11.6. The highest BCUT2D eigenvalue weighted by atomic mass is 32.2. The number of ether oxygens (including phenoxy) is 1. The minimum Gasteiger partial charge on any atom is -0.440 e. The molecule has 7 heteroatoms. The summed E-state index contributed by atoms with van der Waals surface area (Å²) in [6.45, 7) is 3.45. The number of hydrogen-bond acceptors (Lipinski definition) is 5. The monoisotopic (exact) mass is 275 g/mol. The lowest BCUT2D eigenvalue weighted by atomic mass is 10.4. The van der Waals surface area contributed by atoms with E-state index in [9.17, 15) is 13.2 Å². The largest absolute Gasteiger partial charge is 0.440 e. The predicted octanol–water partition coefficient (Wildman–Crippen LogP) is 1.19. The van der Waals surface area contributed by atoms with Gasteiger partial charge in [-0.3, -0.25) is 4.79 Å². The maximum absolute atomic E-state index is 11.7. The predicted molar refractivity (Wildman–Crippen MR) is 65.0 cm³/mol. The zero-order valence-electron chi connectivity index (χ0n) is 10.2. The Kier molecular flexibility index (Phi) is 6.03. The van der Waals surface area contributed by atoms with Gasteiger partial charge in [-0.05, 0) is 25.0 Å². The molecule has 0 aliphatic carbocycles.